The number of benzene rings is 1. The maximum absolute atomic E-state index is 13.1. The largest absolute Gasteiger partial charge is 0.310 e. The van der Waals surface area contributed by atoms with Crippen LogP contribution in [0.2, 0.25) is 0 Å². The molecule has 0 saturated carbocycles. The highest BCUT2D eigenvalue weighted by molar-refractivity contribution is 9.10. The van der Waals surface area contributed by atoms with Crippen LogP contribution in [0.15, 0.2) is 22.7 Å². The van der Waals surface area contributed by atoms with Crippen LogP contribution in [-0.4, -0.2) is 6.54 Å². The van der Waals surface area contributed by atoms with Gasteiger partial charge in [-0.05, 0) is 36.6 Å². The van der Waals surface area contributed by atoms with Crippen molar-refractivity contribution in [3.63, 3.8) is 0 Å². The summed E-state index contributed by atoms with van der Waals surface area (Å²) in [6.45, 7) is 7.47. The van der Waals surface area contributed by atoms with Gasteiger partial charge in [-0.2, -0.15) is 0 Å². The predicted octanol–water partition coefficient (Wildman–Crippen LogP) is 4.68. The Kier molecular flexibility index (Phi) is 6.14. The predicted molar refractivity (Wildman–Crippen MR) is 74.6 cm³/mol. The molecule has 0 aliphatic heterocycles. The topological polar surface area (TPSA) is 12.0 Å². The first-order valence-corrected chi connectivity index (χ1v) is 7.06. The smallest absolute Gasteiger partial charge is 0.124 e. The second kappa shape index (κ2) is 7.12. The summed E-state index contributed by atoms with van der Waals surface area (Å²) in [5, 5.41) is 3.47. The SMILES string of the molecule is CCNC(CC(C)CC)c1ccc(F)cc1Br. The van der Waals surface area contributed by atoms with E-state index in [4.69, 9.17) is 0 Å². The van der Waals surface area contributed by atoms with Crippen LogP contribution in [0.4, 0.5) is 4.39 Å². The lowest BCUT2D eigenvalue weighted by molar-refractivity contribution is 0.407. The molecule has 1 aromatic carbocycles. The van der Waals surface area contributed by atoms with Gasteiger partial charge in [0.05, 0.1) is 0 Å². The normalized spacial score (nSPS) is 14.6. The summed E-state index contributed by atoms with van der Waals surface area (Å²) >= 11 is 3.45. The molecule has 96 valence electrons. The Hall–Kier alpha value is -0.410. The van der Waals surface area contributed by atoms with Crippen molar-refractivity contribution >= 4 is 15.9 Å². The molecule has 2 unspecified atom stereocenters. The highest BCUT2D eigenvalue weighted by Crippen LogP contribution is 2.29. The summed E-state index contributed by atoms with van der Waals surface area (Å²) in [5.74, 6) is 0.468. The van der Waals surface area contributed by atoms with Crippen LogP contribution in [0.1, 0.15) is 45.2 Å². The zero-order valence-corrected chi connectivity index (χ0v) is 12.3. The molecule has 0 aromatic heterocycles. The minimum atomic E-state index is -0.195. The fourth-order valence-corrected chi connectivity index (χ4v) is 2.55. The first kappa shape index (κ1) is 14.7. The quantitative estimate of drug-likeness (QED) is 0.805. The summed E-state index contributed by atoms with van der Waals surface area (Å²) in [7, 11) is 0. The first-order chi connectivity index (χ1) is 8.08. The molecule has 0 radical (unpaired) electrons. The maximum atomic E-state index is 13.1. The van der Waals surface area contributed by atoms with E-state index in [2.05, 4.69) is 42.0 Å². The number of hydrogen-bond donors (Lipinski definition) is 1. The van der Waals surface area contributed by atoms with Crippen LogP contribution >= 0.6 is 15.9 Å². The van der Waals surface area contributed by atoms with Crippen molar-refractivity contribution < 1.29 is 4.39 Å². The van der Waals surface area contributed by atoms with Crippen molar-refractivity contribution in [3.8, 4) is 0 Å². The van der Waals surface area contributed by atoms with E-state index in [1.807, 2.05) is 6.07 Å². The van der Waals surface area contributed by atoms with Gasteiger partial charge in [0.1, 0.15) is 5.82 Å². The van der Waals surface area contributed by atoms with Crippen molar-refractivity contribution in [2.24, 2.45) is 5.92 Å². The second-order valence-corrected chi connectivity index (χ2v) is 5.38. The van der Waals surface area contributed by atoms with Crippen LogP contribution in [0, 0.1) is 11.7 Å². The van der Waals surface area contributed by atoms with Gasteiger partial charge in [-0.3, -0.25) is 0 Å². The molecular weight excluding hydrogens is 281 g/mol. The number of halogens is 2. The van der Waals surface area contributed by atoms with Gasteiger partial charge < -0.3 is 5.32 Å². The van der Waals surface area contributed by atoms with Gasteiger partial charge in [-0.15, -0.1) is 0 Å². The fraction of sp³-hybridized carbons (Fsp3) is 0.571. The maximum Gasteiger partial charge on any atom is 0.124 e. The van der Waals surface area contributed by atoms with Crippen molar-refractivity contribution in [1.29, 1.82) is 0 Å². The Labute approximate surface area is 112 Å². The first-order valence-electron chi connectivity index (χ1n) is 6.26. The Bertz CT molecular complexity index is 354. The van der Waals surface area contributed by atoms with Gasteiger partial charge in [0.25, 0.3) is 0 Å². The van der Waals surface area contributed by atoms with E-state index < -0.39 is 0 Å². The summed E-state index contributed by atoms with van der Waals surface area (Å²) in [6, 6.07) is 5.23. The lowest BCUT2D eigenvalue weighted by atomic mass is 9.94. The third kappa shape index (κ3) is 4.40. The van der Waals surface area contributed by atoms with E-state index in [1.165, 1.54) is 18.6 Å². The van der Waals surface area contributed by atoms with E-state index >= 15 is 0 Å². The van der Waals surface area contributed by atoms with Crippen LogP contribution in [-0.2, 0) is 0 Å². The second-order valence-electron chi connectivity index (χ2n) is 4.53. The number of nitrogens with one attached hydrogen (secondary N) is 1. The highest BCUT2D eigenvalue weighted by Gasteiger charge is 2.16. The van der Waals surface area contributed by atoms with Gasteiger partial charge in [0.15, 0.2) is 0 Å². The fourth-order valence-electron chi connectivity index (χ4n) is 1.92. The molecule has 3 heteroatoms. The Morgan fingerprint density at radius 3 is 2.59 bits per heavy atom. The van der Waals surface area contributed by atoms with Crippen LogP contribution in [0.25, 0.3) is 0 Å². The van der Waals surface area contributed by atoms with Crippen LogP contribution in [0.3, 0.4) is 0 Å². The molecule has 0 heterocycles. The average molecular weight is 302 g/mol. The third-order valence-electron chi connectivity index (χ3n) is 3.12. The van der Waals surface area contributed by atoms with E-state index in [0.29, 0.717) is 12.0 Å². The van der Waals surface area contributed by atoms with E-state index in [9.17, 15) is 4.39 Å². The Morgan fingerprint density at radius 2 is 2.06 bits per heavy atom. The molecule has 2 atom stereocenters. The minimum absolute atomic E-state index is 0.195. The van der Waals surface area contributed by atoms with Gasteiger partial charge in [0.2, 0.25) is 0 Å². The van der Waals surface area contributed by atoms with E-state index in [1.54, 1.807) is 0 Å². The number of hydrogen-bond acceptors (Lipinski definition) is 1. The molecule has 0 bridgehead atoms. The zero-order chi connectivity index (χ0) is 12.8. The molecule has 1 N–H and O–H groups in total. The van der Waals surface area contributed by atoms with Crippen LogP contribution < -0.4 is 5.32 Å². The average Bonchev–Trinajstić information content (AvgIpc) is 2.28. The van der Waals surface area contributed by atoms with E-state index in [-0.39, 0.29) is 5.82 Å². The molecule has 0 amide bonds. The van der Waals surface area contributed by atoms with E-state index in [0.717, 1.165) is 23.0 Å². The van der Waals surface area contributed by atoms with Gasteiger partial charge in [-0.1, -0.05) is 49.2 Å². The molecule has 1 aromatic rings. The molecule has 0 saturated heterocycles. The monoisotopic (exact) mass is 301 g/mol. The highest BCUT2D eigenvalue weighted by atomic mass is 79.9. The zero-order valence-electron chi connectivity index (χ0n) is 10.8. The molecule has 1 rings (SSSR count). The minimum Gasteiger partial charge on any atom is -0.310 e. The molecule has 0 fully saturated rings. The summed E-state index contributed by atoms with van der Waals surface area (Å²) in [4.78, 5) is 0. The van der Waals surface area contributed by atoms with Crippen LogP contribution in [0.5, 0.6) is 0 Å². The van der Waals surface area contributed by atoms with Crippen molar-refractivity contribution in [2.45, 2.75) is 39.7 Å². The third-order valence-corrected chi connectivity index (χ3v) is 3.81. The van der Waals surface area contributed by atoms with Crippen molar-refractivity contribution in [1.82, 2.24) is 5.32 Å². The molecule has 0 aliphatic carbocycles. The lowest BCUT2D eigenvalue weighted by Crippen LogP contribution is -2.23. The Morgan fingerprint density at radius 1 is 1.35 bits per heavy atom. The summed E-state index contributed by atoms with van der Waals surface area (Å²) in [5.41, 5.74) is 1.15. The van der Waals surface area contributed by atoms with Gasteiger partial charge in [0, 0.05) is 10.5 Å². The lowest BCUT2D eigenvalue weighted by Gasteiger charge is -2.22. The molecule has 17 heavy (non-hydrogen) atoms. The standard InChI is InChI=1S/C14H21BrFN/c1-4-10(3)8-14(17-5-2)12-7-6-11(16)9-13(12)15/h6-7,9-10,14,17H,4-5,8H2,1-3H3. The summed E-state index contributed by atoms with van der Waals surface area (Å²) < 4.78 is 13.9. The van der Waals surface area contributed by atoms with Gasteiger partial charge >= 0.3 is 0 Å². The Balaban J connectivity index is 2.88. The summed E-state index contributed by atoms with van der Waals surface area (Å²) in [6.07, 6.45) is 2.25. The molecule has 0 spiro atoms. The van der Waals surface area contributed by atoms with Gasteiger partial charge in [-0.25, -0.2) is 4.39 Å². The molecular formula is C14H21BrFN. The van der Waals surface area contributed by atoms with Crippen molar-refractivity contribution in [3.05, 3.63) is 34.1 Å². The number of rotatable bonds is 6. The van der Waals surface area contributed by atoms with Crippen molar-refractivity contribution in [2.75, 3.05) is 6.54 Å². The molecule has 1 nitrogen and oxygen atoms in total. The molecule has 0 aliphatic rings.